The summed E-state index contributed by atoms with van der Waals surface area (Å²) in [6.07, 6.45) is 0. The van der Waals surface area contributed by atoms with E-state index in [0.29, 0.717) is 27.1 Å². The maximum atomic E-state index is 7.53. The molecule has 0 aliphatic heterocycles. The summed E-state index contributed by atoms with van der Waals surface area (Å²) < 4.78 is 5.73. The molecule has 0 amide bonds. The van der Waals surface area contributed by atoms with Crippen LogP contribution in [0, 0.1) is 12.3 Å². The molecule has 5 heteroatoms. The highest BCUT2D eigenvalue weighted by atomic mass is 35.5. The molecule has 0 aromatic heterocycles. The molecule has 0 unspecified atom stereocenters. The van der Waals surface area contributed by atoms with E-state index in [0.717, 1.165) is 5.56 Å². The monoisotopic (exact) mass is 294 g/mol. The van der Waals surface area contributed by atoms with E-state index in [1.807, 2.05) is 19.1 Å². The molecule has 2 aromatic carbocycles. The quantitative estimate of drug-likeness (QED) is 0.652. The number of hydrogen-bond donors (Lipinski definition) is 2. The Labute approximate surface area is 121 Å². The Morgan fingerprint density at radius 1 is 1.11 bits per heavy atom. The molecule has 0 aliphatic rings. The molecule has 0 radical (unpaired) electrons. The van der Waals surface area contributed by atoms with E-state index in [9.17, 15) is 0 Å². The van der Waals surface area contributed by atoms with Gasteiger partial charge in [-0.25, -0.2) is 0 Å². The van der Waals surface area contributed by atoms with Gasteiger partial charge >= 0.3 is 0 Å². The van der Waals surface area contributed by atoms with Crippen molar-refractivity contribution >= 4 is 29.0 Å². The summed E-state index contributed by atoms with van der Waals surface area (Å²) in [5.41, 5.74) is 7.01. The van der Waals surface area contributed by atoms with Crippen molar-refractivity contribution in [3.63, 3.8) is 0 Å². The normalized spacial score (nSPS) is 10.3. The first-order valence-electron chi connectivity index (χ1n) is 5.55. The van der Waals surface area contributed by atoms with E-state index in [1.54, 1.807) is 24.3 Å². The van der Waals surface area contributed by atoms with Crippen LogP contribution in [0.5, 0.6) is 11.5 Å². The third kappa shape index (κ3) is 3.19. The molecule has 2 aromatic rings. The molecule has 0 atom stereocenters. The lowest BCUT2D eigenvalue weighted by Crippen LogP contribution is -2.12. The van der Waals surface area contributed by atoms with Crippen LogP contribution in [0.1, 0.15) is 11.1 Å². The van der Waals surface area contributed by atoms with Crippen molar-refractivity contribution < 1.29 is 4.74 Å². The topological polar surface area (TPSA) is 59.1 Å². The van der Waals surface area contributed by atoms with Crippen LogP contribution in [-0.4, -0.2) is 5.84 Å². The van der Waals surface area contributed by atoms with Crippen molar-refractivity contribution in [3.8, 4) is 11.5 Å². The average Bonchev–Trinajstić information content (AvgIpc) is 2.33. The number of amidine groups is 1. The lowest BCUT2D eigenvalue weighted by Gasteiger charge is -2.12. The van der Waals surface area contributed by atoms with Crippen molar-refractivity contribution in [2.75, 3.05) is 0 Å². The van der Waals surface area contributed by atoms with Crippen molar-refractivity contribution in [2.24, 2.45) is 5.73 Å². The highest BCUT2D eigenvalue weighted by Crippen LogP contribution is 2.33. The Kier molecular flexibility index (Phi) is 3.98. The molecule has 0 saturated carbocycles. The number of nitrogens with one attached hydrogen (secondary N) is 1. The number of ether oxygens (including phenoxy) is 1. The SMILES string of the molecule is Cc1ccc(Cl)c(Oc2cc(Cl)ccc2C(=N)N)c1. The average molecular weight is 295 g/mol. The number of benzene rings is 2. The van der Waals surface area contributed by atoms with Crippen molar-refractivity contribution in [3.05, 3.63) is 57.6 Å². The van der Waals surface area contributed by atoms with E-state index in [4.69, 9.17) is 39.1 Å². The van der Waals surface area contributed by atoms with Gasteiger partial charge < -0.3 is 10.5 Å². The van der Waals surface area contributed by atoms with Gasteiger partial charge in [0.2, 0.25) is 0 Å². The first-order chi connectivity index (χ1) is 8.97. The van der Waals surface area contributed by atoms with Crippen LogP contribution < -0.4 is 10.5 Å². The Hall–Kier alpha value is -1.71. The maximum Gasteiger partial charge on any atom is 0.146 e. The fourth-order valence-electron chi connectivity index (χ4n) is 1.61. The summed E-state index contributed by atoms with van der Waals surface area (Å²) >= 11 is 12.0. The Morgan fingerprint density at radius 3 is 2.53 bits per heavy atom. The molecular formula is C14H12Cl2N2O. The second-order valence-electron chi connectivity index (χ2n) is 4.09. The Bertz CT molecular complexity index is 641. The minimum atomic E-state index is -0.0876. The van der Waals surface area contributed by atoms with Crippen LogP contribution in [0.2, 0.25) is 10.0 Å². The van der Waals surface area contributed by atoms with Gasteiger partial charge in [-0.1, -0.05) is 29.3 Å². The molecule has 0 spiro atoms. The molecule has 3 nitrogen and oxygen atoms in total. The second kappa shape index (κ2) is 5.51. The van der Waals surface area contributed by atoms with Gasteiger partial charge in [0, 0.05) is 11.1 Å². The van der Waals surface area contributed by atoms with Crippen molar-refractivity contribution in [1.82, 2.24) is 0 Å². The molecule has 19 heavy (non-hydrogen) atoms. The zero-order valence-electron chi connectivity index (χ0n) is 10.2. The summed E-state index contributed by atoms with van der Waals surface area (Å²) in [4.78, 5) is 0. The summed E-state index contributed by atoms with van der Waals surface area (Å²) in [6.45, 7) is 1.94. The van der Waals surface area contributed by atoms with E-state index in [2.05, 4.69) is 0 Å². The zero-order chi connectivity index (χ0) is 14.0. The number of aryl methyl sites for hydroxylation is 1. The first kappa shape index (κ1) is 13.7. The van der Waals surface area contributed by atoms with Crippen LogP contribution >= 0.6 is 23.2 Å². The first-order valence-corrected chi connectivity index (χ1v) is 6.31. The minimum Gasteiger partial charge on any atom is -0.455 e. The van der Waals surface area contributed by atoms with Gasteiger partial charge in [-0.05, 0) is 36.8 Å². The van der Waals surface area contributed by atoms with Crippen LogP contribution in [-0.2, 0) is 0 Å². The summed E-state index contributed by atoms with van der Waals surface area (Å²) in [5, 5.41) is 8.52. The van der Waals surface area contributed by atoms with Gasteiger partial charge in [-0.15, -0.1) is 0 Å². The summed E-state index contributed by atoms with van der Waals surface area (Å²) in [6, 6.07) is 10.4. The number of nitrogen functional groups attached to an aromatic ring is 1. The number of nitrogens with two attached hydrogens (primary N) is 1. The second-order valence-corrected chi connectivity index (χ2v) is 4.93. The Balaban J connectivity index is 2.45. The molecule has 98 valence electrons. The fraction of sp³-hybridized carbons (Fsp3) is 0.0714. The third-order valence-corrected chi connectivity index (χ3v) is 3.09. The molecule has 2 rings (SSSR count). The van der Waals surface area contributed by atoms with Gasteiger partial charge in [0.05, 0.1) is 10.6 Å². The van der Waals surface area contributed by atoms with Crippen molar-refractivity contribution in [1.29, 1.82) is 5.41 Å². The minimum absolute atomic E-state index is 0.0876. The number of rotatable bonds is 3. The lowest BCUT2D eigenvalue weighted by molar-refractivity contribution is 0.481. The third-order valence-electron chi connectivity index (χ3n) is 2.54. The highest BCUT2D eigenvalue weighted by Gasteiger charge is 2.11. The molecule has 0 bridgehead atoms. The maximum absolute atomic E-state index is 7.53. The van der Waals surface area contributed by atoms with E-state index >= 15 is 0 Å². The van der Waals surface area contributed by atoms with E-state index < -0.39 is 0 Å². The lowest BCUT2D eigenvalue weighted by atomic mass is 10.2. The standard InChI is InChI=1S/C14H12Cl2N2O/c1-8-2-5-11(16)13(6-8)19-12-7-9(15)3-4-10(12)14(17)18/h2-7H,1H3,(H3,17,18). The van der Waals surface area contributed by atoms with Gasteiger partial charge in [0.1, 0.15) is 17.3 Å². The molecule has 3 N–H and O–H groups in total. The molecule has 0 fully saturated rings. The highest BCUT2D eigenvalue weighted by molar-refractivity contribution is 6.32. The zero-order valence-corrected chi connectivity index (χ0v) is 11.7. The summed E-state index contributed by atoms with van der Waals surface area (Å²) in [7, 11) is 0. The molecule has 0 heterocycles. The van der Waals surface area contributed by atoms with Gasteiger partial charge in [-0.3, -0.25) is 5.41 Å². The van der Waals surface area contributed by atoms with Gasteiger partial charge in [-0.2, -0.15) is 0 Å². The van der Waals surface area contributed by atoms with E-state index in [1.165, 1.54) is 0 Å². The van der Waals surface area contributed by atoms with Crippen LogP contribution in [0.4, 0.5) is 0 Å². The molecule has 0 saturated heterocycles. The molecular weight excluding hydrogens is 283 g/mol. The van der Waals surface area contributed by atoms with Gasteiger partial charge in [0.25, 0.3) is 0 Å². The van der Waals surface area contributed by atoms with Crippen LogP contribution in [0.25, 0.3) is 0 Å². The van der Waals surface area contributed by atoms with E-state index in [-0.39, 0.29) is 5.84 Å². The van der Waals surface area contributed by atoms with Crippen molar-refractivity contribution in [2.45, 2.75) is 6.92 Å². The van der Waals surface area contributed by atoms with Crippen LogP contribution in [0.15, 0.2) is 36.4 Å². The smallest absolute Gasteiger partial charge is 0.146 e. The Morgan fingerprint density at radius 2 is 1.84 bits per heavy atom. The van der Waals surface area contributed by atoms with Gasteiger partial charge in [0.15, 0.2) is 0 Å². The predicted molar refractivity (Wildman–Crippen MR) is 78.7 cm³/mol. The number of hydrogen-bond acceptors (Lipinski definition) is 2. The van der Waals surface area contributed by atoms with Crippen LogP contribution in [0.3, 0.4) is 0 Å². The largest absolute Gasteiger partial charge is 0.455 e. The fourth-order valence-corrected chi connectivity index (χ4v) is 1.93. The molecule has 0 aliphatic carbocycles. The predicted octanol–water partition coefficient (Wildman–Crippen LogP) is 4.38. The summed E-state index contributed by atoms with van der Waals surface area (Å²) in [5.74, 6) is 0.828. The number of halogens is 2.